The molecule has 0 aliphatic carbocycles. The fourth-order valence-corrected chi connectivity index (χ4v) is 2.36. The first-order valence-electron chi connectivity index (χ1n) is 6.75. The van der Waals surface area contributed by atoms with Gasteiger partial charge in [0.2, 0.25) is 0 Å². The molecule has 10 heteroatoms. The van der Waals surface area contributed by atoms with E-state index < -0.39 is 24.4 Å². The van der Waals surface area contributed by atoms with Gasteiger partial charge in [0.1, 0.15) is 0 Å². The van der Waals surface area contributed by atoms with Crippen LogP contribution in [0, 0.1) is 0 Å². The van der Waals surface area contributed by atoms with Crippen molar-refractivity contribution in [3.63, 3.8) is 0 Å². The molecule has 2 rings (SSSR count). The third-order valence-corrected chi connectivity index (χ3v) is 3.39. The second-order valence-corrected chi connectivity index (χ2v) is 5.34. The number of esters is 1. The zero-order valence-electron chi connectivity index (χ0n) is 12.8. The van der Waals surface area contributed by atoms with Crippen molar-refractivity contribution < 1.29 is 28.3 Å². The molecule has 2 N–H and O–H groups in total. The Morgan fingerprint density at radius 1 is 1.16 bits per heavy atom. The molecule has 0 aliphatic rings. The smallest absolute Gasteiger partial charge is 0.338 e. The van der Waals surface area contributed by atoms with Gasteiger partial charge in [-0.05, 0) is 24.3 Å². The molecular weight excluding hydrogens is 375 g/mol. The van der Waals surface area contributed by atoms with Crippen LogP contribution in [0.1, 0.15) is 20.9 Å². The lowest BCUT2D eigenvalue weighted by Gasteiger charge is -2.09. The predicted octanol–water partition coefficient (Wildman–Crippen LogP) is 2.21. The minimum Gasteiger partial charge on any atom is -0.494 e. The van der Waals surface area contributed by atoms with E-state index in [1.165, 1.54) is 37.6 Å². The fraction of sp³-hybridized carbons (Fsp3) is 0.133. The lowest BCUT2D eigenvalue weighted by atomic mass is 10.2. The van der Waals surface area contributed by atoms with Gasteiger partial charge in [0, 0.05) is 0 Å². The summed E-state index contributed by atoms with van der Waals surface area (Å²) < 4.78 is 14.6. The number of benzene rings is 1. The van der Waals surface area contributed by atoms with Gasteiger partial charge in [-0.1, -0.05) is 23.2 Å². The van der Waals surface area contributed by atoms with Crippen LogP contribution in [0.5, 0.6) is 5.75 Å². The summed E-state index contributed by atoms with van der Waals surface area (Å²) in [5.74, 6) is -1.99. The molecule has 0 atom stereocenters. The van der Waals surface area contributed by atoms with E-state index in [9.17, 15) is 14.4 Å². The van der Waals surface area contributed by atoms with E-state index in [4.69, 9.17) is 37.1 Å². The van der Waals surface area contributed by atoms with Crippen molar-refractivity contribution in [3.05, 3.63) is 51.9 Å². The number of hydrogen-bond acceptors (Lipinski definition) is 6. The van der Waals surface area contributed by atoms with Crippen LogP contribution in [0.4, 0.5) is 0 Å². The molecule has 1 aromatic carbocycles. The maximum atomic E-state index is 11.9. The molecule has 1 aromatic heterocycles. The number of ether oxygens (including phenoxy) is 2. The Hall–Kier alpha value is -2.71. The summed E-state index contributed by atoms with van der Waals surface area (Å²) in [6, 6.07) is 5.53. The summed E-state index contributed by atoms with van der Waals surface area (Å²) in [6.07, 6.45) is 1.31. The zero-order valence-corrected chi connectivity index (χ0v) is 14.3. The van der Waals surface area contributed by atoms with E-state index in [1.807, 2.05) is 0 Å². The topological polar surface area (TPSA) is 107 Å². The van der Waals surface area contributed by atoms with E-state index in [-0.39, 0.29) is 27.1 Å². The maximum Gasteiger partial charge on any atom is 0.338 e. The predicted molar refractivity (Wildman–Crippen MR) is 87.6 cm³/mol. The quantitative estimate of drug-likeness (QED) is 0.602. The van der Waals surface area contributed by atoms with E-state index in [0.29, 0.717) is 0 Å². The van der Waals surface area contributed by atoms with Gasteiger partial charge in [-0.3, -0.25) is 20.4 Å². The van der Waals surface area contributed by atoms with Crippen molar-refractivity contribution >= 4 is 41.0 Å². The van der Waals surface area contributed by atoms with Crippen LogP contribution >= 0.6 is 23.2 Å². The highest BCUT2D eigenvalue weighted by Crippen LogP contribution is 2.33. The summed E-state index contributed by atoms with van der Waals surface area (Å²) in [5.41, 5.74) is 4.21. The average molecular weight is 387 g/mol. The van der Waals surface area contributed by atoms with Crippen molar-refractivity contribution in [2.75, 3.05) is 13.7 Å². The van der Waals surface area contributed by atoms with Crippen LogP contribution in [0.3, 0.4) is 0 Å². The summed E-state index contributed by atoms with van der Waals surface area (Å²) in [6.45, 7) is -0.626. The molecule has 2 amide bonds. The van der Waals surface area contributed by atoms with Crippen molar-refractivity contribution in [1.29, 1.82) is 0 Å². The largest absolute Gasteiger partial charge is 0.494 e. The maximum absolute atomic E-state index is 11.9. The molecule has 2 aromatic rings. The third kappa shape index (κ3) is 4.88. The van der Waals surface area contributed by atoms with E-state index in [2.05, 4.69) is 10.9 Å². The lowest BCUT2D eigenvalue weighted by Crippen LogP contribution is -2.43. The van der Waals surface area contributed by atoms with Gasteiger partial charge in [-0.25, -0.2) is 4.79 Å². The number of hydrazine groups is 1. The van der Waals surface area contributed by atoms with Crippen molar-refractivity contribution in [3.8, 4) is 5.75 Å². The Morgan fingerprint density at radius 3 is 2.40 bits per heavy atom. The van der Waals surface area contributed by atoms with Gasteiger partial charge < -0.3 is 13.9 Å². The fourth-order valence-electron chi connectivity index (χ4n) is 1.72. The number of carbonyl (C=O) groups excluding carboxylic acids is 3. The summed E-state index contributed by atoms with van der Waals surface area (Å²) >= 11 is 11.8. The summed E-state index contributed by atoms with van der Waals surface area (Å²) in [7, 11) is 1.38. The van der Waals surface area contributed by atoms with E-state index in [1.54, 1.807) is 0 Å². The van der Waals surface area contributed by atoms with Crippen molar-refractivity contribution in [2.45, 2.75) is 0 Å². The summed E-state index contributed by atoms with van der Waals surface area (Å²) in [5, 5.41) is 0.245. The summed E-state index contributed by atoms with van der Waals surface area (Å²) in [4.78, 5) is 35.0. The average Bonchev–Trinajstić information content (AvgIpc) is 3.11. The van der Waals surface area contributed by atoms with Gasteiger partial charge in [0.05, 0.1) is 29.0 Å². The number of amides is 2. The number of hydrogen-bond donors (Lipinski definition) is 2. The van der Waals surface area contributed by atoms with Crippen molar-refractivity contribution in [1.82, 2.24) is 10.9 Å². The van der Waals surface area contributed by atoms with Crippen molar-refractivity contribution in [2.24, 2.45) is 0 Å². The molecule has 1 heterocycles. The minimum atomic E-state index is -0.820. The van der Waals surface area contributed by atoms with Crippen LogP contribution in [-0.2, 0) is 9.53 Å². The Balaban J connectivity index is 1.85. The molecule has 0 saturated carbocycles. The Bertz CT molecular complexity index is 768. The lowest BCUT2D eigenvalue weighted by molar-refractivity contribution is -0.125. The number of furan rings is 1. The molecular formula is C15H12Cl2N2O6. The first-order chi connectivity index (χ1) is 11.9. The van der Waals surface area contributed by atoms with E-state index in [0.717, 1.165) is 0 Å². The molecule has 0 spiro atoms. The minimum absolute atomic E-state index is 0.0137. The molecule has 8 nitrogen and oxygen atoms in total. The van der Waals surface area contributed by atoms with Gasteiger partial charge in [-0.2, -0.15) is 0 Å². The number of rotatable bonds is 5. The molecule has 0 radical (unpaired) electrons. The van der Waals surface area contributed by atoms with Crippen LogP contribution in [-0.4, -0.2) is 31.5 Å². The molecule has 25 heavy (non-hydrogen) atoms. The van der Waals surface area contributed by atoms with Gasteiger partial charge in [-0.15, -0.1) is 0 Å². The highest BCUT2D eigenvalue weighted by Gasteiger charge is 2.16. The Morgan fingerprint density at radius 2 is 1.84 bits per heavy atom. The Labute approximate surface area is 151 Å². The molecule has 0 aliphatic heterocycles. The second kappa shape index (κ2) is 8.41. The molecule has 0 bridgehead atoms. The zero-order chi connectivity index (χ0) is 18.4. The van der Waals surface area contributed by atoms with E-state index >= 15 is 0 Å². The number of methoxy groups -OCH3 is 1. The van der Waals surface area contributed by atoms with Crippen LogP contribution in [0.25, 0.3) is 0 Å². The monoisotopic (exact) mass is 386 g/mol. The first kappa shape index (κ1) is 18.6. The number of halogens is 2. The standard InChI is InChI=1S/C15H12Cl2N2O6/c1-23-13-9(16)5-8(6-10(13)17)15(22)25-7-12(20)18-19-14(21)11-3-2-4-24-11/h2-6H,7H2,1H3,(H,18,20)(H,19,21). The number of nitrogens with one attached hydrogen (secondary N) is 2. The molecule has 0 fully saturated rings. The van der Waals surface area contributed by atoms with Crippen LogP contribution in [0.2, 0.25) is 10.0 Å². The molecule has 132 valence electrons. The normalized spacial score (nSPS) is 10.0. The van der Waals surface area contributed by atoms with Gasteiger partial charge in [0.15, 0.2) is 18.1 Å². The van der Waals surface area contributed by atoms with Gasteiger partial charge in [0.25, 0.3) is 5.91 Å². The SMILES string of the molecule is COc1c(Cl)cc(C(=O)OCC(=O)NNC(=O)c2ccco2)cc1Cl. The first-order valence-corrected chi connectivity index (χ1v) is 7.50. The highest BCUT2D eigenvalue weighted by molar-refractivity contribution is 6.37. The van der Waals surface area contributed by atoms with Gasteiger partial charge >= 0.3 is 11.9 Å². The highest BCUT2D eigenvalue weighted by atomic mass is 35.5. The Kier molecular flexibility index (Phi) is 6.26. The third-order valence-electron chi connectivity index (χ3n) is 2.83. The van der Waals surface area contributed by atoms with Crippen LogP contribution < -0.4 is 15.6 Å². The molecule has 0 unspecified atom stereocenters. The molecule has 0 saturated heterocycles. The van der Waals surface area contributed by atoms with Crippen LogP contribution in [0.15, 0.2) is 34.9 Å². The second-order valence-electron chi connectivity index (χ2n) is 4.53. The number of carbonyl (C=O) groups is 3.